The van der Waals surface area contributed by atoms with Gasteiger partial charge in [-0.1, -0.05) is 81.4 Å². The molecule has 1 saturated carbocycles. The Morgan fingerprint density at radius 1 is 1.08 bits per heavy atom. The van der Waals surface area contributed by atoms with Crippen LogP contribution in [0, 0.1) is 12.3 Å². The number of carbonyl (C=O) groups excluding carboxylic acids is 1. The predicted molar refractivity (Wildman–Crippen MR) is 153 cm³/mol. The molecule has 37 heavy (non-hydrogen) atoms. The van der Waals surface area contributed by atoms with Crippen LogP contribution in [0.2, 0.25) is 0 Å². The Bertz CT molecular complexity index is 1430. The van der Waals surface area contributed by atoms with Crippen molar-refractivity contribution in [1.29, 1.82) is 0 Å². The van der Waals surface area contributed by atoms with Gasteiger partial charge in [0.1, 0.15) is 0 Å². The molecule has 0 unspecified atom stereocenters. The van der Waals surface area contributed by atoms with Gasteiger partial charge in [0.2, 0.25) is 5.91 Å². The molecule has 0 aliphatic heterocycles. The summed E-state index contributed by atoms with van der Waals surface area (Å²) in [6, 6.07) is 23.1. The van der Waals surface area contributed by atoms with E-state index in [9.17, 15) is 4.79 Å². The van der Waals surface area contributed by atoms with Crippen molar-refractivity contribution < 1.29 is 4.79 Å². The summed E-state index contributed by atoms with van der Waals surface area (Å²) < 4.78 is 0. The first-order valence-electron chi connectivity index (χ1n) is 13.3. The van der Waals surface area contributed by atoms with E-state index in [1.807, 2.05) is 31.2 Å². The molecule has 4 aromatic rings. The van der Waals surface area contributed by atoms with E-state index >= 15 is 0 Å². The highest BCUT2D eigenvalue weighted by Crippen LogP contribution is 2.59. The summed E-state index contributed by atoms with van der Waals surface area (Å²) in [6.07, 6.45) is 5.02. The van der Waals surface area contributed by atoms with Gasteiger partial charge in [-0.25, -0.2) is 0 Å². The molecule has 0 spiro atoms. The molecule has 5 nitrogen and oxygen atoms in total. The topological polar surface area (TPSA) is 61.0 Å². The number of aromatic amines is 1. The van der Waals surface area contributed by atoms with Gasteiger partial charge in [-0.3, -0.25) is 14.8 Å². The quantitative estimate of drug-likeness (QED) is 0.264. The summed E-state index contributed by atoms with van der Waals surface area (Å²) >= 11 is 0. The fourth-order valence-corrected chi connectivity index (χ4v) is 5.10. The third kappa shape index (κ3) is 5.23. The second kappa shape index (κ2) is 10.3. The Labute approximate surface area is 219 Å². The van der Waals surface area contributed by atoms with Crippen LogP contribution in [0.4, 0.5) is 5.69 Å². The number of anilines is 1. The van der Waals surface area contributed by atoms with Crippen LogP contribution in [0.1, 0.15) is 61.1 Å². The largest absolute Gasteiger partial charge is 0.325 e. The molecule has 0 bridgehead atoms. The molecule has 1 aliphatic carbocycles. The molecule has 190 valence electrons. The number of H-pyrrole nitrogens is 1. The van der Waals surface area contributed by atoms with Crippen molar-refractivity contribution in [3.63, 3.8) is 0 Å². The van der Waals surface area contributed by atoms with Gasteiger partial charge in [-0.2, -0.15) is 5.10 Å². The zero-order valence-electron chi connectivity index (χ0n) is 22.2. The predicted octanol–water partition coefficient (Wildman–Crippen LogP) is 7.02. The SMILES string of the molecule is CCN(CC)Cc1ccc(/C=C/c2n[nH]c3cc([C@@H]4C[C@@]4(C)C(=O)Nc4ccccc4C)ccc23)cc1. The maximum Gasteiger partial charge on any atom is 0.230 e. The van der Waals surface area contributed by atoms with Crippen LogP contribution in [-0.2, 0) is 11.3 Å². The van der Waals surface area contributed by atoms with E-state index in [2.05, 4.69) is 95.8 Å². The molecular weight excluding hydrogens is 456 g/mol. The van der Waals surface area contributed by atoms with Gasteiger partial charge >= 0.3 is 0 Å². The molecule has 1 amide bonds. The minimum atomic E-state index is -0.393. The fraction of sp³-hybridized carbons (Fsp3) is 0.312. The lowest BCUT2D eigenvalue weighted by Gasteiger charge is -2.17. The lowest BCUT2D eigenvalue weighted by molar-refractivity contribution is -0.120. The molecule has 0 radical (unpaired) electrons. The number of aromatic nitrogens is 2. The molecule has 3 aromatic carbocycles. The van der Waals surface area contributed by atoms with Crippen molar-refractivity contribution >= 4 is 34.6 Å². The number of fused-ring (bicyclic) bond motifs is 1. The third-order valence-corrected chi connectivity index (χ3v) is 7.88. The van der Waals surface area contributed by atoms with Crippen LogP contribution in [0.15, 0.2) is 66.7 Å². The maximum absolute atomic E-state index is 13.1. The summed E-state index contributed by atoms with van der Waals surface area (Å²) in [6.45, 7) is 11.6. The van der Waals surface area contributed by atoms with Crippen molar-refractivity contribution in [3.05, 3.63) is 94.7 Å². The van der Waals surface area contributed by atoms with Gasteiger partial charge in [-0.05, 0) is 72.8 Å². The molecule has 1 heterocycles. The minimum Gasteiger partial charge on any atom is -0.325 e. The van der Waals surface area contributed by atoms with Gasteiger partial charge in [-0.15, -0.1) is 0 Å². The molecule has 2 N–H and O–H groups in total. The molecule has 5 heteroatoms. The lowest BCUT2D eigenvalue weighted by Crippen LogP contribution is -2.23. The van der Waals surface area contributed by atoms with Crippen LogP contribution in [0.25, 0.3) is 23.1 Å². The average Bonchev–Trinajstić information content (AvgIpc) is 3.46. The summed E-state index contributed by atoms with van der Waals surface area (Å²) in [5.74, 6) is 0.293. The first-order chi connectivity index (χ1) is 17.9. The van der Waals surface area contributed by atoms with E-state index in [1.165, 1.54) is 11.1 Å². The van der Waals surface area contributed by atoms with Crippen LogP contribution in [-0.4, -0.2) is 34.1 Å². The van der Waals surface area contributed by atoms with Crippen molar-refractivity contribution in [2.24, 2.45) is 5.41 Å². The number of carbonyl (C=O) groups is 1. The van der Waals surface area contributed by atoms with E-state index in [1.54, 1.807) is 0 Å². The van der Waals surface area contributed by atoms with E-state index in [4.69, 9.17) is 0 Å². The van der Waals surface area contributed by atoms with Gasteiger partial charge in [0.05, 0.1) is 16.6 Å². The summed E-state index contributed by atoms with van der Waals surface area (Å²) in [4.78, 5) is 15.5. The number of nitrogens with zero attached hydrogens (tertiary/aromatic N) is 2. The molecule has 1 aromatic heterocycles. The number of benzene rings is 3. The van der Waals surface area contributed by atoms with Crippen molar-refractivity contribution in [2.75, 3.05) is 18.4 Å². The highest BCUT2D eigenvalue weighted by Gasteiger charge is 2.56. The van der Waals surface area contributed by atoms with Crippen molar-refractivity contribution in [2.45, 2.75) is 46.6 Å². The second-order valence-electron chi connectivity index (χ2n) is 10.4. The average molecular weight is 493 g/mol. The second-order valence-corrected chi connectivity index (χ2v) is 10.4. The van der Waals surface area contributed by atoms with Crippen LogP contribution in [0.3, 0.4) is 0 Å². The van der Waals surface area contributed by atoms with Crippen LogP contribution >= 0.6 is 0 Å². The van der Waals surface area contributed by atoms with Crippen molar-refractivity contribution in [1.82, 2.24) is 15.1 Å². The molecule has 5 rings (SSSR count). The van der Waals surface area contributed by atoms with Gasteiger partial charge in [0.15, 0.2) is 0 Å². The van der Waals surface area contributed by atoms with Crippen LogP contribution in [0.5, 0.6) is 0 Å². The summed E-state index contributed by atoms with van der Waals surface area (Å²) in [5, 5.41) is 12.0. The smallest absolute Gasteiger partial charge is 0.230 e. The maximum atomic E-state index is 13.1. The summed E-state index contributed by atoms with van der Waals surface area (Å²) in [5.41, 5.74) is 7.16. The Morgan fingerprint density at radius 3 is 2.57 bits per heavy atom. The highest BCUT2D eigenvalue weighted by molar-refractivity contribution is 5.99. The zero-order chi connectivity index (χ0) is 26.0. The zero-order valence-corrected chi connectivity index (χ0v) is 22.2. The van der Waals surface area contributed by atoms with Gasteiger partial charge in [0, 0.05) is 17.6 Å². The Hall–Kier alpha value is -3.70. The monoisotopic (exact) mass is 492 g/mol. The Balaban J connectivity index is 1.26. The standard InChI is InChI=1S/C32H36N4O/c1-5-36(6-2)21-24-13-11-23(12-14-24)15-18-29-26-17-16-25(19-30(26)35-34-29)27-20-32(27,4)31(37)33-28-10-8-7-9-22(28)3/h7-19,27H,5-6,20-21H2,1-4H3,(H,33,37)(H,34,35)/b18-15+/t27-,32+/m0/s1. The van der Waals surface area contributed by atoms with Gasteiger partial charge in [0.25, 0.3) is 0 Å². The number of para-hydroxylation sites is 1. The fourth-order valence-electron chi connectivity index (χ4n) is 5.10. The van der Waals surface area contributed by atoms with E-state index in [-0.39, 0.29) is 11.8 Å². The van der Waals surface area contributed by atoms with E-state index < -0.39 is 5.41 Å². The van der Waals surface area contributed by atoms with Crippen molar-refractivity contribution in [3.8, 4) is 0 Å². The summed E-state index contributed by atoms with van der Waals surface area (Å²) in [7, 11) is 0. The molecule has 1 fully saturated rings. The number of hydrogen-bond acceptors (Lipinski definition) is 3. The first-order valence-corrected chi connectivity index (χ1v) is 13.3. The molecule has 0 saturated heterocycles. The highest BCUT2D eigenvalue weighted by atomic mass is 16.2. The molecule has 1 aliphatic rings. The van der Waals surface area contributed by atoms with E-state index in [0.29, 0.717) is 0 Å². The first kappa shape index (κ1) is 25.0. The molecular formula is C32H36N4O. The normalized spacial score (nSPS) is 19.1. The molecule has 2 atom stereocenters. The number of amides is 1. The Morgan fingerprint density at radius 2 is 1.84 bits per heavy atom. The number of rotatable bonds is 9. The number of nitrogens with one attached hydrogen (secondary N) is 2. The minimum absolute atomic E-state index is 0.0863. The van der Waals surface area contributed by atoms with E-state index in [0.717, 1.165) is 59.5 Å². The Kier molecular flexibility index (Phi) is 6.98. The number of hydrogen-bond donors (Lipinski definition) is 2. The third-order valence-electron chi connectivity index (χ3n) is 7.88. The van der Waals surface area contributed by atoms with Crippen LogP contribution < -0.4 is 5.32 Å². The number of aryl methyl sites for hydroxylation is 1. The lowest BCUT2D eigenvalue weighted by atomic mass is 9.98. The van der Waals surface area contributed by atoms with Gasteiger partial charge < -0.3 is 5.32 Å².